The van der Waals surface area contributed by atoms with Crippen LogP contribution in [0.15, 0.2) is 24.3 Å². The van der Waals surface area contributed by atoms with Gasteiger partial charge in [0.2, 0.25) is 5.91 Å². The molecule has 1 aliphatic heterocycles. The summed E-state index contributed by atoms with van der Waals surface area (Å²) >= 11 is 0. The second-order valence-electron chi connectivity index (χ2n) is 7.66. The van der Waals surface area contributed by atoms with Crippen LogP contribution in [0.4, 0.5) is 4.79 Å². The second-order valence-corrected chi connectivity index (χ2v) is 7.66. The number of nitrogens with zero attached hydrogens (tertiary/aromatic N) is 2. The van der Waals surface area contributed by atoms with Crippen LogP contribution in [0, 0.1) is 17.2 Å². The number of rotatable bonds is 7. The van der Waals surface area contributed by atoms with Crippen LogP contribution in [-0.4, -0.2) is 47.5 Å². The fraction of sp³-hybridized carbons (Fsp3) is 0.500. The molecule has 1 heterocycles. The third kappa shape index (κ3) is 4.09. The van der Waals surface area contributed by atoms with Crippen LogP contribution in [0.3, 0.4) is 0 Å². The highest BCUT2D eigenvalue weighted by Gasteiger charge is 2.49. The monoisotopic (exact) mass is 386 g/mol. The van der Waals surface area contributed by atoms with Crippen LogP contribution in [0.2, 0.25) is 0 Å². The van der Waals surface area contributed by atoms with E-state index in [4.69, 9.17) is 4.74 Å². The number of hydrogen-bond acceptors (Lipinski definition) is 5. The summed E-state index contributed by atoms with van der Waals surface area (Å²) in [6.07, 6.45) is 0.224. The summed E-state index contributed by atoms with van der Waals surface area (Å²) in [7, 11) is 1.54. The van der Waals surface area contributed by atoms with Gasteiger partial charge in [-0.2, -0.15) is 5.26 Å². The molecule has 0 aliphatic carbocycles. The van der Waals surface area contributed by atoms with Crippen molar-refractivity contribution >= 4 is 17.8 Å². The number of methoxy groups -OCH3 is 1. The molecule has 8 nitrogen and oxygen atoms in total. The van der Waals surface area contributed by atoms with Crippen molar-refractivity contribution in [3.63, 3.8) is 0 Å². The van der Waals surface area contributed by atoms with Gasteiger partial charge < -0.3 is 15.4 Å². The summed E-state index contributed by atoms with van der Waals surface area (Å²) < 4.78 is 5.31. The Kier molecular flexibility index (Phi) is 5.98. The first-order valence-corrected chi connectivity index (χ1v) is 9.04. The van der Waals surface area contributed by atoms with Gasteiger partial charge in [0.15, 0.2) is 0 Å². The molecular formula is C20H26N4O4. The Morgan fingerprint density at radius 2 is 2.04 bits per heavy atom. The Morgan fingerprint density at radius 3 is 2.61 bits per heavy atom. The molecule has 0 bridgehead atoms. The number of nitriles is 1. The van der Waals surface area contributed by atoms with Crippen LogP contribution < -0.4 is 15.4 Å². The molecule has 28 heavy (non-hydrogen) atoms. The maximum atomic E-state index is 12.9. The molecule has 8 heteroatoms. The smallest absolute Gasteiger partial charge is 0.325 e. The van der Waals surface area contributed by atoms with Gasteiger partial charge in [-0.1, -0.05) is 32.0 Å². The highest BCUT2D eigenvalue weighted by Crippen LogP contribution is 2.27. The van der Waals surface area contributed by atoms with E-state index in [1.54, 1.807) is 19.9 Å². The molecule has 0 aromatic heterocycles. The molecule has 0 saturated carbocycles. The lowest BCUT2D eigenvalue weighted by atomic mass is 9.90. The van der Waals surface area contributed by atoms with Crippen molar-refractivity contribution in [2.45, 2.75) is 45.2 Å². The highest BCUT2D eigenvalue weighted by molar-refractivity contribution is 6.09. The van der Waals surface area contributed by atoms with Gasteiger partial charge in [-0.05, 0) is 31.4 Å². The number of hydrogen-bond donors (Lipinski definition) is 2. The molecule has 1 fully saturated rings. The van der Waals surface area contributed by atoms with Crippen LogP contribution >= 0.6 is 0 Å². The molecule has 4 amide bonds. The van der Waals surface area contributed by atoms with Crippen molar-refractivity contribution in [2.75, 3.05) is 13.7 Å². The molecule has 1 aromatic rings. The van der Waals surface area contributed by atoms with Crippen molar-refractivity contribution in [3.8, 4) is 11.8 Å². The molecule has 0 unspecified atom stereocenters. The van der Waals surface area contributed by atoms with E-state index in [-0.39, 0.29) is 12.3 Å². The zero-order valence-corrected chi connectivity index (χ0v) is 16.8. The minimum Gasteiger partial charge on any atom is -0.496 e. The van der Waals surface area contributed by atoms with Gasteiger partial charge in [0, 0.05) is 6.42 Å². The first-order chi connectivity index (χ1) is 13.1. The number of ether oxygens (including phenoxy) is 1. The average Bonchev–Trinajstić information content (AvgIpc) is 2.84. The van der Waals surface area contributed by atoms with E-state index in [9.17, 15) is 19.6 Å². The lowest BCUT2D eigenvalue weighted by molar-refractivity contribution is -0.135. The zero-order chi connectivity index (χ0) is 21.1. The molecule has 150 valence electrons. The lowest BCUT2D eigenvalue weighted by Gasteiger charge is -2.28. The van der Waals surface area contributed by atoms with Gasteiger partial charge in [-0.3, -0.25) is 14.5 Å². The van der Waals surface area contributed by atoms with Crippen LogP contribution in [0.1, 0.15) is 33.3 Å². The fourth-order valence-corrected chi connectivity index (χ4v) is 3.01. The third-order valence-electron chi connectivity index (χ3n) is 5.17. The Morgan fingerprint density at radius 1 is 1.39 bits per heavy atom. The number of carbonyl (C=O) groups excluding carboxylic acids is 3. The molecule has 2 atom stereocenters. The van der Waals surface area contributed by atoms with Crippen LogP contribution in [0.5, 0.6) is 5.75 Å². The molecule has 1 aliphatic rings. The number of benzene rings is 1. The maximum Gasteiger partial charge on any atom is 0.325 e. The molecule has 0 radical (unpaired) electrons. The Bertz CT molecular complexity index is 832. The minimum absolute atomic E-state index is 0.139. The fourth-order valence-electron chi connectivity index (χ4n) is 3.01. The van der Waals surface area contributed by atoms with Crippen molar-refractivity contribution in [1.29, 1.82) is 5.26 Å². The third-order valence-corrected chi connectivity index (χ3v) is 5.17. The van der Waals surface area contributed by atoms with E-state index in [1.807, 2.05) is 32.0 Å². The lowest BCUT2D eigenvalue weighted by Crippen LogP contribution is -2.53. The summed E-state index contributed by atoms with van der Waals surface area (Å²) in [4.78, 5) is 38.5. The van der Waals surface area contributed by atoms with E-state index in [0.717, 1.165) is 10.5 Å². The maximum absolute atomic E-state index is 12.9. The van der Waals surface area contributed by atoms with E-state index in [0.29, 0.717) is 5.75 Å². The van der Waals surface area contributed by atoms with Gasteiger partial charge in [0.25, 0.3) is 5.91 Å². The molecular weight excluding hydrogens is 360 g/mol. The molecule has 2 rings (SSSR count). The van der Waals surface area contributed by atoms with E-state index in [2.05, 4.69) is 16.7 Å². The zero-order valence-electron chi connectivity index (χ0n) is 16.8. The van der Waals surface area contributed by atoms with Crippen molar-refractivity contribution in [1.82, 2.24) is 15.5 Å². The van der Waals surface area contributed by atoms with E-state index < -0.39 is 35.5 Å². The van der Waals surface area contributed by atoms with E-state index in [1.165, 1.54) is 7.11 Å². The van der Waals surface area contributed by atoms with Crippen molar-refractivity contribution < 1.29 is 19.1 Å². The number of amides is 4. The number of imide groups is 1. The van der Waals surface area contributed by atoms with E-state index >= 15 is 0 Å². The minimum atomic E-state index is -1.19. The molecule has 0 spiro atoms. The first-order valence-electron chi connectivity index (χ1n) is 9.04. The van der Waals surface area contributed by atoms with Gasteiger partial charge in [-0.15, -0.1) is 0 Å². The van der Waals surface area contributed by atoms with Crippen LogP contribution in [-0.2, 0) is 16.0 Å². The van der Waals surface area contributed by atoms with Crippen LogP contribution in [0.25, 0.3) is 0 Å². The summed E-state index contributed by atoms with van der Waals surface area (Å²) in [5.41, 5.74) is -1.51. The Balaban J connectivity index is 2.15. The number of para-hydroxylation sites is 1. The summed E-state index contributed by atoms with van der Waals surface area (Å²) in [5.74, 6) is -0.589. The SMILES string of the molecule is COc1ccccc1C[C@@]1(C)NC(=O)N(CC(=O)N[C@](C)(C#N)C(C)C)C1=O. The number of urea groups is 1. The van der Waals surface area contributed by atoms with Crippen molar-refractivity contribution in [3.05, 3.63) is 29.8 Å². The predicted molar refractivity (Wildman–Crippen MR) is 102 cm³/mol. The molecule has 1 aromatic carbocycles. The van der Waals surface area contributed by atoms with Gasteiger partial charge >= 0.3 is 6.03 Å². The number of nitrogens with one attached hydrogen (secondary N) is 2. The molecule has 1 saturated heterocycles. The highest BCUT2D eigenvalue weighted by atomic mass is 16.5. The quantitative estimate of drug-likeness (QED) is 0.692. The molecule has 2 N–H and O–H groups in total. The van der Waals surface area contributed by atoms with Crippen molar-refractivity contribution in [2.24, 2.45) is 5.92 Å². The topological polar surface area (TPSA) is 112 Å². The largest absolute Gasteiger partial charge is 0.496 e. The predicted octanol–water partition coefficient (Wildman–Crippen LogP) is 1.60. The summed E-state index contributed by atoms with van der Waals surface area (Å²) in [6.45, 7) is 6.39. The summed E-state index contributed by atoms with van der Waals surface area (Å²) in [6, 6.07) is 8.67. The van der Waals surface area contributed by atoms with Gasteiger partial charge in [0.1, 0.15) is 23.4 Å². The normalized spacial score (nSPS) is 21.1. The Labute approximate surface area is 164 Å². The Hall–Kier alpha value is -3.08. The number of carbonyl (C=O) groups is 3. The first kappa shape index (κ1) is 21.2. The summed E-state index contributed by atoms with van der Waals surface area (Å²) in [5, 5.41) is 14.6. The average molecular weight is 386 g/mol. The van der Waals surface area contributed by atoms with Gasteiger partial charge in [-0.25, -0.2) is 4.79 Å². The second kappa shape index (κ2) is 7.89. The van der Waals surface area contributed by atoms with Gasteiger partial charge in [0.05, 0.1) is 13.2 Å². The standard InChI is InChI=1S/C20H26N4O4/c1-13(2)20(4,12-21)22-16(25)11-24-17(26)19(3,23-18(24)27)10-14-8-6-7-9-15(14)28-5/h6-9,13H,10-11H2,1-5H3,(H,22,25)(H,23,27)/t19-,20-/m1/s1.